The zero-order chi connectivity index (χ0) is 17.3. The Morgan fingerprint density at radius 2 is 2.09 bits per heavy atom. The lowest BCUT2D eigenvalue weighted by atomic mass is 9.67. The third-order valence-corrected chi connectivity index (χ3v) is 5.74. The standard InChI is InChI=1S/C15H22F2O5S/c1-10(13-8-11-3-2-4-12(7-11)9-13)5-6-22-14(18)15(16,17)23(19,20)21/h2-3,10-13H,4-9H2,1H3,(H,19,20,21). The van der Waals surface area contributed by atoms with E-state index >= 15 is 0 Å². The molecule has 0 aromatic rings. The minimum absolute atomic E-state index is 0.193. The Morgan fingerprint density at radius 3 is 2.70 bits per heavy atom. The molecule has 0 amide bonds. The van der Waals surface area contributed by atoms with E-state index in [9.17, 15) is 22.0 Å². The second-order valence-corrected chi connectivity index (χ2v) is 8.11. The van der Waals surface area contributed by atoms with Gasteiger partial charge in [-0.1, -0.05) is 19.1 Å². The number of carbonyl (C=O) groups excluding carboxylic acids is 1. The number of halogens is 2. The average molecular weight is 352 g/mol. The van der Waals surface area contributed by atoms with E-state index in [-0.39, 0.29) is 12.5 Å². The maximum atomic E-state index is 13.0. The molecule has 2 aliphatic rings. The van der Waals surface area contributed by atoms with Gasteiger partial charge in [-0.15, -0.1) is 0 Å². The molecule has 23 heavy (non-hydrogen) atoms. The predicted molar refractivity (Wildman–Crippen MR) is 79.3 cm³/mol. The number of allylic oxidation sites excluding steroid dienone is 2. The third kappa shape index (κ3) is 4.29. The lowest BCUT2D eigenvalue weighted by molar-refractivity contribution is -0.161. The summed E-state index contributed by atoms with van der Waals surface area (Å²) in [7, 11) is -5.80. The van der Waals surface area contributed by atoms with E-state index in [4.69, 9.17) is 4.55 Å². The Kier molecular flexibility index (Phi) is 5.45. The number of hydrogen-bond donors (Lipinski definition) is 1. The molecule has 0 saturated heterocycles. The highest BCUT2D eigenvalue weighted by Gasteiger charge is 2.54. The summed E-state index contributed by atoms with van der Waals surface area (Å²) >= 11 is 0. The van der Waals surface area contributed by atoms with Crippen molar-refractivity contribution in [2.45, 2.75) is 44.3 Å². The summed E-state index contributed by atoms with van der Waals surface area (Å²) in [6.07, 6.45) is 9.26. The maximum absolute atomic E-state index is 13.0. The van der Waals surface area contributed by atoms with E-state index in [2.05, 4.69) is 16.9 Å². The zero-order valence-corrected chi connectivity index (χ0v) is 13.8. The van der Waals surface area contributed by atoms with Crippen LogP contribution in [0.15, 0.2) is 12.2 Å². The van der Waals surface area contributed by atoms with Gasteiger partial charge < -0.3 is 4.74 Å². The molecular weight excluding hydrogens is 330 g/mol. The molecule has 4 atom stereocenters. The Hall–Kier alpha value is -1.02. The molecule has 2 aliphatic carbocycles. The van der Waals surface area contributed by atoms with Crippen molar-refractivity contribution < 1.29 is 31.3 Å². The van der Waals surface area contributed by atoms with Crippen LogP contribution in [0.5, 0.6) is 0 Å². The zero-order valence-electron chi connectivity index (χ0n) is 13.0. The van der Waals surface area contributed by atoms with Crippen molar-refractivity contribution in [2.24, 2.45) is 23.7 Å². The van der Waals surface area contributed by atoms with Gasteiger partial charge in [0, 0.05) is 0 Å². The van der Waals surface area contributed by atoms with Crippen molar-refractivity contribution in [3.8, 4) is 0 Å². The van der Waals surface area contributed by atoms with Gasteiger partial charge in [0.15, 0.2) is 0 Å². The molecule has 5 nitrogen and oxygen atoms in total. The van der Waals surface area contributed by atoms with Crippen LogP contribution in [0, 0.1) is 23.7 Å². The van der Waals surface area contributed by atoms with Crippen molar-refractivity contribution in [3.63, 3.8) is 0 Å². The fourth-order valence-corrected chi connectivity index (χ4v) is 3.84. The fraction of sp³-hybridized carbons (Fsp3) is 0.800. The van der Waals surface area contributed by atoms with Gasteiger partial charge in [0.2, 0.25) is 0 Å². The molecule has 0 aliphatic heterocycles. The number of carbonyl (C=O) groups is 1. The highest BCUT2D eigenvalue weighted by atomic mass is 32.2. The molecular formula is C15H22F2O5S. The summed E-state index contributed by atoms with van der Waals surface area (Å²) in [5.41, 5.74) is 0. The highest BCUT2D eigenvalue weighted by molar-refractivity contribution is 7.87. The van der Waals surface area contributed by atoms with Gasteiger partial charge in [-0.3, -0.25) is 4.55 Å². The maximum Gasteiger partial charge on any atom is 0.465 e. The number of fused-ring (bicyclic) bond motifs is 2. The first-order valence-electron chi connectivity index (χ1n) is 7.80. The topological polar surface area (TPSA) is 80.7 Å². The number of alkyl halides is 2. The molecule has 0 spiro atoms. The minimum Gasteiger partial charge on any atom is -0.460 e. The van der Waals surface area contributed by atoms with E-state index in [1.54, 1.807) is 0 Å². The Morgan fingerprint density at radius 1 is 1.39 bits per heavy atom. The average Bonchev–Trinajstić information content (AvgIpc) is 2.45. The quantitative estimate of drug-likeness (QED) is 0.451. The first kappa shape index (κ1) is 18.3. The van der Waals surface area contributed by atoms with Crippen LogP contribution in [0.3, 0.4) is 0 Å². The van der Waals surface area contributed by atoms with Gasteiger partial charge >= 0.3 is 21.3 Å². The minimum atomic E-state index is -5.80. The number of rotatable bonds is 6. The van der Waals surface area contributed by atoms with Crippen LogP contribution in [0.2, 0.25) is 0 Å². The van der Waals surface area contributed by atoms with E-state index in [1.807, 2.05) is 6.92 Å². The van der Waals surface area contributed by atoms with Crippen molar-refractivity contribution in [1.29, 1.82) is 0 Å². The summed E-state index contributed by atoms with van der Waals surface area (Å²) in [6, 6.07) is 0. The number of esters is 1. The molecule has 4 unspecified atom stereocenters. The van der Waals surface area contributed by atoms with Gasteiger partial charge in [0.05, 0.1) is 6.61 Å². The Labute approximate surface area is 134 Å². The van der Waals surface area contributed by atoms with Crippen molar-refractivity contribution in [3.05, 3.63) is 12.2 Å². The number of ether oxygens (including phenoxy) is 1. The largest absolute Gasteiger partial charge is 0.465 e. The summed E-state index contributed by atoms with van der Waals surface area (Å²) in [6.45, 7) is 1.71. The normalized spacial score (nSPS) is 29.1. The third-order valence-electron chi connectivity index (χ3n) is 4.93. The molecule has 8 heteroatoms. The monoisotopic (exact) mass is 352 g/mol. The van der Waals surface area contributed by atoms with Gasteiger partial charge in [0.1, 0.15) is 0 Å². The highest BCUT2D eigenvalue weighted by Crippen LogP contribution is 2.42. The lowest BCUT2D eigenvalue weighted by Crippen LogP contribution is -2.39. The fourth-order valence-electron chi connectivity index (χ4n) is 3.57. The van der Waals surface area contributed by atoms with Crippen molar-refractivity contribution >= 4 is 16.1 Å². The van der Waals surface area contributed by atoms with Crippen LogP contribution in [0.1, 0.15) is 39.0 Å². The van der Waals surface area contributed by atoms with E-state index < -0.39 is 21.3 Å². The van der Waals surface area contributed by atoms with Crippen LogP contribution in [0.4, 0.5) is 8.78 Å². The van der Waals surface area contributed by atoms with Crippen LogP contribution in [0.25, 0.3) is 0 Å². The molecule has 2 bridgehead atoms. The van der Waals surface area contributed by atoms with E-state index in [0.717, 1.165) is 19.3 Å². The molecule has 1 N–H and O–H groups in total. The molecule has 0 radical (unpaired) electrons. The first-order valence-corrected chi connectivity index (χ1v) is 9.24. The van der Waals surface area contributed by atoms with Gasteiger partial charge in [-0.05, 0) is 55.8 Å². The SMILES string of the molecule is CC(CCOC(=O)C(F)(F)S(=O)(=O)O)C1CC2C=CCC(C2)C1. The van der Waals surface area contributed by atoms with Crippen molar-refractivity contribution in [1.82, 2.24) is 0 Å². The molecule has 2 rings (SSSR count). The van der Waals surface area contributed by atoms with Crippen LogP contribution >= 0.6 is 0 Å². The van der Waals surface area contributed by atoms with Gasteiger partial charge in [-0.2, -0.15) is 17.2 Å². The summed E-state index contributed by atoms with van der Waals surface area (Å²) in [4.78, 5) is 11.1. The van der Waals surface area contributed by atoms with Crippen LogP contribution in [-0.2, 0) is 19.6 Å². The summed E-state index contributed by atoms with van der Waals surface area (Å²) < 4.78 is 59.7. The molecule has 0 aromatic heterocycles. The van der Waals surface area contributed by atoms with Crippen molar-refractivity contribution in [2.75, 3.05) is 6.61 Å². The molecule has 0 aromatic carbocycles. The van der Waals surface area contributed by atoms with Gasteiger partial charge in [0.25, 0.3) is 0 Å². The molecule has 1 fully saturated rings. The van der Waals surface area contributed by atoms with Crippen LogP contribution in [-0.4, -0.2) is 30.8 Å². The van der Waals surface area contributed by atoms with E-state index in [1.165, 1.54) is 6.42 Å². The predicted octanol–water partition coefficient (Wildman–Crippen LogP) is 3.03. The summed E-state index contributed by atoms with van der Waals surface area (Å²) in [5, 5.41) is -4.91. The Bertz CT molecular complexity index is 572. The lowest BCUT2D eigenvalue weighted by Gasteiger charge is -2.38. The van der Waals surface area contributed by atoms with Gasteiger partial charge in [-0.25, -0.2) is 4.79 Å². The molecule has 1 saturated carbocycles. The van der Waals surface area contributed by atoms with Crippen LogP contribution < -0.4 is 0 Å². The van der Waals surface area contributed by atoms with E-state index in [0.29, 0.717) is 24.2 Å². The smallest absolute Gasteiger partial charge is 0.460 e. The first-order chi connectivity index (χ1) is 10.6. The molecule has 0 heterocycles. The second kappa shape index (κ2) is 6.84. The Balaban J connectivity index is 1.80. The summed E-state index contributed by atoms with van der Waals surface area (Å²) in [5.74, 6) is -0.349. The molecule has 132 valence electrons. The number of hydrogen-bond acceptors (Lipinski definition) is 4. The second-order valence-electron chi connectivity index (χ2n) is 6.65.